The lowest BCUT2D eigenvalue weighted by molar-refractivity contribution is -0.137. The van der Waals surface area contributed by atoms with Gasteiger partial charge >= 0.3 is 0 Å². The number of carbonyl (C=O) groups excluding carboxylic acids is 1. The van der Waals surface area contributed by atoms with E-state index in [0.717, 1.165) is 24.9 Å². The van der Waals surface area contributed by atoms with Crippen LogP contribution in [-0.4, -0.2) is 43.2 Å². The van der Waals surface area contributed by atoms with E-state index in [4.69, 9.17) is 0 Å². The van der Waals surface area contributed by atoms with Crippen molar-refractivity contribution in [3.05, 3.63) is 65.7 Å². The summed E-state index contributed by atoms with van der Waals surface area (Å²) in [7, 11) is -3.74. The zero-order valence-electron chi connectivity index (χ0n) is 16.8. The minimum Gasteiger partial charge on any atom is -0.335 e. The van der Waals surface area contributed by atoms with Gasteiger partial charge in [-0.25, -0.2) is 8.42 Å². The SMILES string of the molecule is N#Cc1ccccc1S(=O)(=O)N1CCC(C(=O)N2CCC[C@@H]2c2ccccc2)CC1. The number of nitrogens with zero attached hydrogens (tertiary/aromatic N) is 3. The van der Waals surface area contributed by atoms with Crippen molar-refractivity contribution in [3.8, 4) is 6.07 Å². The molecule has 2 saturated heterocycles. The van der Waals surface area contributed by atoms with Crippen LogP contribution in [0.5, 0.6) is 0 Å². The molecule has 2 aromatic rings. The Morgan fingerprint density at radius 3 is 2.30 bits per heavy atom. The third-order valence-corrected chi connectivity index (χ3v) is 8.11. The second-order valence-electron chi connectivity index (χ2n) is 7.89. The summed E-state index contributed by atoms with van der Waals surface area (Å²) >= 11 is 0. The molecule has 0 unspecified atom stereocenters. The van der Waals surface area contributed by atoms with Gasteiger partial charge in [0.05, 0.1) is 16.5 Å². The van der Waals surface area contributed by atoms with Crippen LogP contribution in [0.2, 0.25) is 0 Å². The van der Waals surface area contributed by atoms with E-state index in [-0.39, 0.29) is 28.3 Å². The Hall–Kier alpha value is -2.69. The number of amides is 1. The fourth-order valence-electron chi connectivity index (χ4n) is 4.55. The van der Waals surface area contributed by atoms with Gasteiger partial charge in [-0.15, -0.1) is 0 Å². The third-order valence-electron chi connectivity index (χ3n) is 6.15. The Balaban J connectivity index is 1.44. The van der Waals surface area contributed by atoms with Crippen LogP contribution in [-0.2, 0) is 14.8 Å². The largest absolute Gasteiger partial charge is 0.335 e. The molecular formula is C23H25N3O3S. The first-order chi connectivity index (χ1) is 14.5. The predicted molar refractivity (Wildman–Crippen MR) is 113 cm³/mol. The van der Waals surface area contributed by atoms with Crippen molar-refractivity contribution in [2.45, 2.75) is 36.6 Å². The summed E-state index contributed by atoms with van der Waals surface area (Å²) in [5.41, 5.74) is 1.31. The van der Waals surface area contributed by atoms with E-state index >= 15 is 0 Å². The fourth-order valence-corrected chi connectivity index (χ4v) is 6.16. The molecule has 0 aromatic heterocycles. The van der Waals surface area contributed by atoms with Gasteiger partial charge < -0.3 is 4.90 Å². The maximum absolute atomic E-state index is 13.2. The first kappa shape index (κ1) is 20.6. The van der Waals surface area contributed by atoms with Crippen molar-refractivity contribution in [3.63, 3.8) is 0 Å². The van der Waals surface area contributed by atoms with Gasteiger partial charge in [0.1, 0.15) is 6.07 Å². The van der Waals surface area contributed by atoms with Crippen molar-refractivity contribution in [1.82, 2.24) is 9.21 Å². The molecule has 1 atom stereocenters. The number of hydrogen-bond acceptors (Lipinski definition) is 4. The van der Waals surface area contributed by atoms with Crippen LogP contribution in [0.4, 0.5) is 0 Å². The minimum atomic E-state index is -3.74. The smallest absolute Gasteiger partial charge is 0.244 e. The molecule has 2 heterocycles. The van der Waals surface area contributed by atoms with Gasteiger partial charge in [0, 0.05) is 25.6 Å². The highest BCUT2D eigenvalue weighted by molar-refractivity contribution is 7.89. The number of likely N-dealkylation sites (tertiary alicyclic amines) is 1. The Morgan fingerprint density at radius 2 is 1.60 bits per heavy atom. The van der Waals surface area contributed by atoms with Crippen molar-refractivity contribution in [1.29, 1.82) is 5.26 Å². The summed E-state index contributed by atoms with van der Waals surface area (Å²) in [4.78, 5) is 15.2. The molecule has 0 bridgehead atoms. The highest BCUT2D eigenvalue weighted by Gasteiger charge is 2.38. The standard InChI is InChI=1S/C23H25N3O3S/c24-17-20-9-4-5-11-22(20)30(28,29)25-15-12-19(13-16-25)23(27)26-14-6-10-21(26)18-7-2-1-3-8-18/h1-5,7-9,11,19,21H,6,10,12-16H2/t21-/m1/s1. The Morgan fingerprint density at radius 1 is 0.933 bits per heavy atom. The zero-order chi connectivity index (χ0) is 21.1. The van der Waals surface area contributed by atoms with E-state index in [0.29, 0.717) is 25.9 Å². The molecule has 0 N–H and O–H groups in total. The van der Waals surface area contributed by atoms with Gasteiger partial charge in [0.2, 0.25) is 15.9 Å². The third kappa shape index (κ3) is 3.85. The highest BCUT2D eigenvalue weighted by Crippen LogP contribution is 2.35. The summed E-state index contributed by atoms with van der Waals surface area (Å²) in [5.74, 6) is -0.0252. The van der Waals surface area contributed by atoms with Crippen LogP contribution in [0.25, 0.3) is 0 Å². The van der Waals surface area contributed by atoms with Gasteiger partial charge in [-0.05, 0) is 43.4 Å². The van der Waals surface area contributed by atoms with Crippen LogP contribution < -0.4 is 0 Å². The molecule has 30 heavy (non-hydrogen) atoms. The Kier molecular flexibility index (Phi) is 5.89. The first-order valence-electron chi connectivity index (χ1n) is 10.4. The summed E-state index contributed by atoms with van der Waals surface area (Å²) in [6.45, 7) is 1.34. The molecule has 0 radical (unpaired) electrons. The van der Waals surface area contributed by atoms with Crippen LogP contribution >= 0.6 is 0 Å². The number of carbonyl (C=O) groups is 1. The molecule has 4 rings (SSSR count). The molecule has 7 heteroatoms. The molecule has 0 saturated carbocycles. The van der Waals surface area contributed by atoms with Crippen LogP contribution in [0.15, 0.2) is 59.5 Å². The minimum absolute atomic E-state index is 0.0426. The Bertz CT molecular complexity index is 1050. The van der Waals surface area contributed by atoms with Gasteiger partial charge in [-0.1, -0.05) is 42.5 Å². The maximum Gasteiger partial charge on any atom is 0.244 e. The lowest BCUT2D eigenvalue weighted by Gasteiger charge is -2.34. The molecule has 2 aliphatic heterocycles. The molecule has 0 spiro atoms. The summed E-state index contributed by atoms with van der Waals surface area (Å²) < 4.78 is 27.4. The molecular weight excluding hydrogens is 398 g/mol. The average molecular weight is 424 g/mol. The highest BCUT2D eigenvalue weighted by atomic mass is 32.2. The quantitative estimate of drug-likeness (QED) is 0.755. The topological polar surface area (TPSA) is 81.5 Å². The predicted octanol–water partition coefficient (Wildman–Crippen LogP) is 3.32. The first-order valence-corrected chi connectivity index (χ1v) is 11.8. The molecule has 2 fully saturated rings. The van der Waals surface area contributed by atoms with E-state index < -0.39 is 10.0 Å². The summed E-state index contributed by atoms with van der Waals surface area (Å²) in [6.07, 6.45) is 2.97. The molecule has 2 aliphatic rings. The van der Waals surface area contributed by atoms with Gasteiger partial charge in [0.15, 0.2) is 0 Å². The number of hydrogen-bond donors (Lipinski definition) is 0. The van der Waals surface area contributed by atoms with Gasteiger partial charge in [-0.3, -0.25) is 4.79 Å². The van der Waals surface area contributed by atoms with Crippen LogP contribution in [0.1, 0.15) is 42.9 Å². The van der Waals surface area contributed by atoms with E-state index in [1.165, 1.54) is 16.4 Å². The summed E-state index contributed by atoms with van der Waals surface area (Å²) in [6, 6.07) is 18.4. The van der Waals surface area contributed by atoms with Crippen molar-refractivity contribution in [2.24, 2.45) is 5.92 Å². The van der Waals surface area contributed by atoms with Crippen LogP contribution in [0, 0.1) is 17.2 Å². The second-order valence-corrected chi connectivity index (χ2v) is 9.79. The lowest BCUT2D eigenvalue weighted by Crippen LogP contribution is -2.44. The van der Waals surface area contributed by atoms with Crippen molar-refractivity contribution < 1.29 is 13.2 Å². The zero-order valence-corrected chi connectivity index (χ0v) is 17.6. The average Bonchev–Trinajstić information content (AvgIpc) is 3.29. The molecule has 2 aromatic carbocycles. The molecule has 0 aliphatic carbocycles. The number of sulfonamides is 1. The van der Waals surface area contributed by atoms with E-state index in [9.17, 15) is 18.5 Å². The van der Waals surface area contributed by atoms with E-state index in [1.54, 1.807) is 12.1 Å². The normalized spacial score (nSPS) is 20.8. The Labute approximate surface area is 177 Å². The van der Waals surface area contributed by atoms with Gasteiger partial charge in [0.25, 0.3) is 0 Å². The molecule has 6 nitrogen and oxygen atoms in total. The number of rotatable bonds is 4. The van der Waals surface area contributed by atoms with Crippen molar-refractivity contribution >= 4 is 15.9 Å². The maximum atomic E-state index is 13.2. The van der Waals surface area contributed by atoms with E-state index in [1.807, 2.05) is 29.2 Å². The van der Waals surface area contributed by atoms with Gasteiger partial charge in [-0.2, -0.15) is 9.57 Å². The summed E-state index contributed by atoms with van der Waals surface area (Å²) in [5, 5.41) is 9.25. The monoisotopic (exact) mass is 423 g/mol. The van der Waals surface area contributed by atoms with E-state index in [2.05, 4.69) is 12.1 Å². The number of benzene rings is 2. The fraction of sp³-hybridized carbons (Fsp3) is 0.391. The van der Waals surface area contributed by atoms with Crippen LogP contribution in [0.3, 0.4) is 0 Å². The molecule has 1 amide bonds. The van der Waals surface area contributed by atoms with Crippen molar-refractivity contribution in [2.75, 3.05) is 19.6 Å². The second kappa shape index (κ2) is 8.58. The number of nitriles is 1. The molecule has 156 valence electrons. The lowest BCUT2D eigenvalue weighted by atomic mass is 9.95. The number of piperidine rings is 1.